The second-order valence-electron chi connectivity index (χ2n) is 4.30. The first-order valence-corrected chi connectivity index (χ1v) is 6.03. The molecule has 1 N–H and O–H groups in total. The number of carboxylic acids is 1. The zero-order chi connectivity index (χ0) is 14.5. The molecule has 0 spiro atoms. The third-order valence-corrected chi connectivity index (χ3v) is 2.78. The summed E-state index contributed by atoms with van der Waals surface area (Å²) in [6.45, 7) is 1.43. The number of hydrogen-bond acceptors (Lipinski definition) is 4. The van der Waals surface area contributed by atoms with Crippen LogP contribution < -0.4 is 0 Å². The van der Waals surface area contributed by atoms with E-state index in [0.717, 1.165) is 5.56 Å². The second-order valence-corrected chi connectivity index (χ2v) is 4.30. The molecule has 1 heterocycles. The topological polar surface area (TPSA) is 83.6 Å². The summed E-state index contributed by atoms with van der Waals surface area (Å²) in [5, 5.41) is 8.94. The third kappa shape index (κ3) is 3.23. The van der Waals surface area contributed by atoms with Crippen molar-refractivity contribution in [2.45, 2.75) is 13.5 Å². The van der Waals surface area contributed by atoms with Crippen LogP contribution in [0.25, 0.3) is 0 Å². The van der Waals surface area contributed by atoms with Gasteiger partial charge < -0.3 is 14.4 Å². The van der Waals surface area contributed by atoms with E-state index in [1.165, 1.54) is 11.3 Å². The lowest BCUT2D eigenvalue weighted by atomic mass is 10.2. The van der Waals surface area contributed by atoms with Crippen molar-refractivity contribution in [1.82, 2.24) is 9.88 Å². The molecule has 0 saturated carbocycles. The van der Waals surface area contributed by atoms with E-state index in [4.69, 9.17) is 9.52 Å². The zero-order valence-electron chi connectivity index (χ0n) is 10.9. The average molecular weight is 274 g/mol. The fourth-order valence-corrected chi connectivity index (χ4v) is 1.83. The molecular formula is C14H14N2O4. The van der Waals surface area contributed by atoms with E-state index in [1.54, 1.807) is 6.92 Å². The summed E-state index contributed by atoms with van der Waals surface area (Å²) in [4.78, 5) is 28.3. The largest absolute Gasteiger partial charge is 0.480 e. The number of oxazole rings is 1. The normalized spacial score (nSPS) is 10.2. The van der Waals surface area contributed by atoms with E-state index in [2.05, 4.69) is 4.98 Å². The van der Waals surface area contributed by atoms with Crippen molar-refractivity contribution < 1.29 is 19.1 Å². The van der Waals surface area contributed by atoms with Crippen molar-refractivity contribution in [2.24, 2.45) is 0 Å². The molecule has 20 heavy (non-hydrogen) atoms. The van der Waals surface area contributed by atoms with Gasteiger partial charge in [-0.05, 0) is 12.5 Å². The number of aryl methyl sites for hydroxylation is 1. The van der Waals surface area contributed by atoms with E-state index in [1.807, 2.05) is 30.3 Å². The van der Waals surface area contributed by atoms with Crippen LogP contribution in [0.4, 0.5) is 0 Å². The summed E-state index contributed by atoms with van der Waals surface area (Å²) in [7, 11) is 0. The lowest BCUT2D eigenvalue weighted by Gasteiger charge is -2.19. The first kappa shape index (κ1) is 13.8. The van der Waals surface area contributed by atoms with Gasteiger partial charge in [-0.1, -0.05) is 30.3 Å². The van der Waals surface area contributed by atoms with Crippen molar-refractivity contribution >= 4 is 11.9 Å². The molecule has 6 nitrogen and oxygen atoms in total. The Kier molecular flexibility index (Phi) is 4.14. The second kappa shape index (κ2) is 6.01. The molecule has 0 radical (unpaired) electrons. The number of carboxylic acid groups (broad SMARTS) is 1. The molecule has 1 amide bonds. The maximum Gasteiger partial charge on any atom is 0.323 e. The van der Waals surface area contributed by atoms with Crippen molar-refractivity contribution in [2.75, 3.05) is 6.54 Å². The quantitative estimate of drug-likeness (QED) is 0.897. The van der Waals surface area contributed by atoms with E-state index in [9.17, 15) is 9.59 Å². The van der Waals surface area contributed by atoms with Gasteiger partial charge in [-0.3, -0.25) is 9.59 Å². The minimum Gasteiger partial charge on any atom is -0.480 e. The lowest BCUT2D eigenvalue weighted by Crippen LogP contribution is -2.35. The number of aliphatic carboxylic acids is 1. The number of benzene rings is 1. The highest BCUT2D eigenvalue weighted by Gasteiger charge is 2.23. The third-order valence-electron chi connectivity index (χ3n) is 2.78. The SMILES string of the molecule is Cc1ocnc1C(=O)N(CC(=O)O)Cc1ccccc1. The fourth-order valence-electron chi connectivity index (χ4n) is 1.83. The number of carbonyl (C=O) groups excluding carboxylic acids is 1. The molecule has 0 bridgehead atoms. The van der Waals surface area contributed by atoms with Gasteiger partial charge in [0, 0.05) is 6.54 Å². The van der Waals surface area contributed by atoms with E-state index >= 15 is 0 Å². The molecule has 0 fully saturated rings. The van der Waals surface area contributed by atoms with Crippen LogP contribution in [0, 0.1) is 6.92 Å². The molecule has 2 rings (SSSR count). The van der Waals surface area contributed by atoms with Gasteiger partial charge in [0.25, 0.3) is 5.91 Å². The zero-order valence-corrected chi connectivity index (χ0v) is 10.9. The molecule has 1 aromatic carbocycles. The van der Waals surface area contributed by atoms with Crippen LogP contribution in [-0.2, 0) is 11.3 Å². The summed E-state index contributed by atoms with van der Waals surface area (Å²) >= 11 is 0. The van der Waals surface area contributed by atoms with Crippen LogP contribution in [0.15, 0.2) is 41.1 Å². The molecule has 0 aliphatic rings. The predicted molar refractivity (Wildman–Crippen MR) is 70.1 cm³/mol. The van der Waals surface area contributed by atoms with Crippen LogP contribution >= 0.6 is 0 Å². The van der Waals surface area contributed by atoms with Gasteiger partial charge in [0.15, 0.2) is 12.1 Å². The minimum absolute atomic E-state index is 0.141. The average Bonchev–Trinajstić information content (AvgIpc) is 2.84. The highest BCUT2D eigenvalue weighted by atomic mass is 16.4. The van der Waals surface area contributed by atoms with Gasteiger partial charge in [-0.25, -0.2) is 4.98 Å². The first-order valence-electron chi connectivity index (χ1n) is 6.03. The summed E-state index contributed by atoms with van der Waals surface area (Å²) in [6.07, 6.45) is 1.17. The monoisotopic (exact) mass is 274 g/mol. The van der Waals surface area contributed by atoms with Crippen LogP contribution in [0.3, 0.4) is 0 Å². The summed E-state index contributed by atoms with van der Waals surface area (Å²) in [6, 6.07) is 9.18. The van der Waals surface area contributed by atoms with Gasteiger partial charge in [0.05, 0.1) is 0 Å². The number of nitrogens with zero attached hydrogens (tertiary/aromatic N) is 2. The Morgan fingerprint density at radius 1 is 1.30 bits per heavy atom. The van der Waals surface area contributed by atoms with Crippen LogP contribution in [0.5, 0.6) is 0 Å². The molecule has 6 heteroatoms. The van der Waals surface area contributed by atoms with Crippen LogP contribution in [0.2, 0.25) is 0 Å². The molecule has 0 saturated heterocycles. The van der Waals surface area contributed by atoms with Crippen molar-refractivity contribution in [3.05, 3.63) is 53.7 Å². The van der Waals surface area contributed by atoms with Crippen LogP contribution in [0.1, 0.15) is 21.8 Å². The minimum atomic E-state index is -1.07. The maximum atomic E-state index is 12.3. The highest BCUT2D eigenvalue weighted by molar-refractivity contribution is 5.94. The Morgan fingerprint density at radius 3 is 2.55 bits per heavy atom. The Bertz CT molecular complexity index is 607. The number of hydrogen-bond donors (Lipinski definition) is 1. The molecule has 0 aliphatic carbocycles. The van der Waals surface area contributed by atoms with Gasteiger partial charge in [0.2, 0.25) is 0 Å². The molecular weight excluding hydrogens is 260 g/mol. The number of carbonyl (C=O) groups is 2. The lowest BCUT2D eigenvalue weighted by molar-refractivity contribution is -0.137. The molecule has 104 valence electrons. The first-order chi connectivity index (χ1) is 9.58. The van der Waals surface area contributed by atoms with E-state index < -0.39 is 11.9 Å². The molecule has 1 aromatic heterocycles. The Hall–Kier alpha value is -2.63. The smallest absolute Gasteiger partial charge is 0.323 e. The maximum absolute atomic E-state index is 12.3. The molecule has 0 aliphatic heterocycles. The number of amides is 1. The van der Waals surface area contributed by atoms with E-state index in [0.29, 0.717) is 5.76 Å². The Morgan fingerprint density at radius 2 is 2.00 bits per heavy atom. The van der Waals surface area contributed by atoms with Gasteiger partial charge in [-0.2, -0.15) is 0 Å². The molecule has 0 atom stereocenters. The van der Waals surface area contributed by atoms with E-state index in [-0.39, 0.29) is 18.8 Å². The number of aromatic nitrogens is 1. The van der Waals surface area contributed by atoms with Crippen molar-refractivity contribution in [1.29, 1.82) is 0 Å². The van der Waals surface area contributed by atoms with Crippen molar-refractivity contribution in [3.63, 3.8) is 0 Å². The fraction of sp³-hybridized carbons (Fsp3) is 0.214. The Labute approximate surface area is 115 Å². The summed E-state index contributed by atoms with van der Waals surface area (Å²) < 4.78 is 4.98. The molecule has 2 aromatic rings. The molecule has 0 unspecified atom stereocenters. The van der Waals surface area contributed by atoms with Gasteiger partial charge >= 0.3 is 5.97 Å². The predicted octanol–water partition coefficient (Wildman–Crippen LogP) is 1.71. The number of rotatable bonds is 5. The Balaban J connectivity index is 2.21. The van der Waals surface area contributed by atoms with Crippen LogP contribution in [-0.4, -0.2) is 33.4 Å². The standard InChI is InChI=1S/C14H14N2O4/c1-10-13(15-9-20-10)14(19)16(8-12(17)18)7-11-5-3-2-4-6-11/h2-6,9H,7-8H2,1H3,(H,17,18). The summed E-state index contributed by atoms with van der Waals surface area (Å²) in [5.41, 5.74) is 0.991. The van der Waals surface area contributed by atoms with Crippen molar-refractivity contribution in [3.8, 4) is 0 Å². The summed E-state index contributed by atoms with van der Waals surface area (Å²) in [5.74, 6) is -1.16. The van der Waals surface area contributed by atoms with Gasteiger partial charge in [0.1, 0.15) is 12.3 Å². The van der Waals surface area contributed by atoms with Gasteiger partial charge in [-0.15, -0.1) is 0 Å². The highest BCUT2D eigenvalue weighted by Crippen LogP contribution is 2.12.